The van der Waals surface area contributed by atoms with Crippen molar-refractivity contribution in [3.05, 3.63) is 54.1 Å². The molecule has 0 radical (unpaired) electrons. The molecule has 3 aromatic rings. The first-order chi connectivity index (χ1) is 10.6. The van der Waals surface area contributed by atoms with E-state index in [2.05, 4.69) is 15.0 Å². The lowest BCUT2D eigenvalue weighted by Crippen LogP contribution is -2.04. The lowest BCUT2D eigenvalue weighted by atomic mass is 10.2. The molecule has 0 spiro atoms. The molecule has 2 aromatic carbocycles. The Hall–Kier alpha value is -3.15. The highest BCUT2D eigenvalue weighted by Gasteiger charge is 2.05. The van der Waals surface area contributed by atoms with Crippen molar-refractivity contribution in [3.8, 4) is 22.9 Å². The number of rotatable bonds is 3. The summed E-state index contributed by atoms with van der Waals surface area (Å²) in [4.78, 5) is 11.9. The minimum Gasteiger partial charge on any atom is -0.457 e. The number of ether oxygens (including phenoxy) is 1. The van der Waals surface area contributed by atoms with Crippen molar-refractivity contribution < 1.29 is 4.74 Å². The van der Waals surface area contributed by atoms with Gasteiger partial charge >= 0.3 is 0 Å². The number of nitrogens with two attached hydrogens (primary N) is 2. The Kier molecular flexibility index (Phi) is 3.57. The van der Waals surface area contributed by atoms with Crippen LogP contribution in [0.5, 0.6) is 11.5 Å². The van der Waals surface area contributed by atoms with Gasteiger partial charge < -0.3 is 16.2 Å². The average Bonchev–Trinajstić information content (AvgIpc) is 2.47. The summed E-state index contributed by atoms with van der Waals surface area (Å²) < 4.78 is 5.79. The highest BCUT2D eigenvalue weighted by molar-refractivity contribution is 5.58. The van der Waals surface area contributed by atoms with Gasteiger partial charge in [-0.25, -0.2) is 0 Å². The molecule has 0 unspecified atom stereocenters. The van der Waals surface area contributed by atoms with Crippen LogP contribution in [0.3, 0.4) is 0 Å². The van der Waals surface area contributed by atoms with Gasteiger partial charge in [0.25, 0.3) is 0 Å². The minimum atomic E-state index is 0.0996. The van der Waals surface area contributed by atoms with E-state index >= 15 is 0 Å². The van der Waals surface area contributed by atoms with Gasteiger partial charge in [0.15, 0.2) is 5.82 Å². The van der Waals surface area contributed by atoms with Crippen LogP contribution < -0.4 is 16.2 Å². The molecule has 1 aromatic heterocycles. The zero-order chi connectivity index (χ0) is 15.5. The van der Waals surface area contributed by atoms with Crippen molar-refractivity contribution in [1.82, 2.24) is 15.0 Å². The molecule has 1 heterocycles. The minimum absolute atomic E-state index is 0.0996. The molecular formula is C16H15N5O. The predicted octanol–water partition coefficient (Wildman–Crippen LogP) is 2.80. The molecule has 0 aliphatic rings. The van der Waals surface area contributed by atoms with Crippen molar-refractivity contribution in [1.29, 1.82) is 0 Å². The first kappa shape index (κ1) is 13.8. The Bertz CT molecular complexity index is 782. The molecule has 0 saturated carbocycles. The van der Waals surface area contributed by atoms with E-state index in [0.29, 0.717) is 5.82 Å². The molecule has 0 atom stereocenters. The number of aryl methyl sites for hydroxylation is 1. The molecule has 4 N–H and O–H groups in total. The molecule has 0 amide bonds. The molecule has 0 saturated heterocycles. The van der Waals surface area contributed by atoms with E-state index in [0.717, 1.165) is 22.6 Å². The Morgan fingerprint density at radius 3 is 2.14 bits per heavy atom. The fourth-order valence-corrected chi connectivity index (χ4v) is 2.03. The molecule has 0 fully saturated rings. The van der Waals surface area contributed by atoms with Crippen LogP contribution in [0, 0.1) is 6.92 Å². The van der Waals surface area contributed by atoms with Gasteiger partial charge in [-0.2, -0.15) is 15.0 Å². The first-order valence-electron chi connectivity index (χ1n) is 6.72. The van der Waals surface area contributed by atoms with Crippen LogP contribution in [-0.4, -0.2) is 15.0 Å². The van der Waals surface area contributed by atoms with Crippen molar-refractivity contribution in [2.24, 2.45) is 0 Å². The molecule has 6 heteroatoms. The number of hydrogen-bond acceptors (Lipinski definition) is 6. The van der Waals surface area contributed by atoms with Gasteiger partial charge in [0, 0.05) is 5.56 Å². The van der Waals surface area contributed by atoms with E-state index in [1.807, 2.05) is 55.5 Å². The smallest absolute Gasteiger partial charge is 0.225 e. The normalized spacial score (nSPS) is 10.4. The summed E-state index contributed by atoms with van der Waals surface area (Å²) in [6.07, 6.45) is 0. The van der Waals surface area contributed by atoms with Gasteiger partial charge in [-0.15, -0.1) is 0 Å². The van der Waals surface area contributed by atoms with Gasteiger partial charge in [-0.05, 0) is 48.9 Å². The quantitative estimate of drug-likeness (QED) is 0.770. The molecule has 0 bridgehead atoms. The maximum atomic E-state index is 5.79. The summed E-state index contributed by atoms with van der Waals surface area (Å²) in [5.74, 6) is 2.16. The summed E-state index contributed by atoms with van der Waals surface area (Å²) in [6.45, 7) is 2.02. The summed E-state index contributed by atoms with van der Waals surface area (Å²) in [7, 11) is 0. The number of benzene rings is 2. The number of hydrogen-bond donors (Lipinski definition) is 2. The van der Waals surface area contributed by atoms with Gasteiger partial charge in [-0.1, -0.05) is 12.1 Å². The van der Waals surface area contributed by atoms with Crippen molar-refractivity contribution in [2.75, 3.05) is 11.5 Å². The van der Waals surface area contributed by atoms with Crippen molar-refractivity contribution >= 4 is 11.9 Å². The molecular weight excluding hydrogens is 278 g/mol. The van der Waals surface area contributed by atoms with Crippen LogP contribution in [-0.2, 0) is 0 Å². The highest BCUT2D eigenvalue weighted by Crippen LogP contribution is 2.25. The van der Waals surface area contributed by atoms with Crippen LogP contribution in [0.2, 0.25) is 0 Å². The predicted molar refractivity (Wildman–Crippen MR) is 85.3 cm³/mol. The summed E-state index contributed by atoms with van der Waals surface area (Å²) in [5.41, 5.74) is 13.1. The zero-order valence-electron chi connectivity index (χ0n) is 12.0. The Morgan fingerprint density at radius 1 is 0.818 bits per heavy atom. The third-order valence-corrected chi connectivity index (χ3v) is 3.01. The Labute approximate surface area is 127 Å². The van der Waals surface area contributed by atoms with E-state index in [1.54, 1.807) is 0 Å². The lowest BCUT2D eigenvalue weighted by Gasteiger charge is -2.07. The van der Waals surface area contributed by atoms with E-state index < -0.39 is 0 Å². The van der Waals surface area contributed by atoms with E-state index in [4.69, 9.17) is 16.2 Å². The van der Waals surface area contributed by atoms with E-state index in [9.17, 15) is 0 Å². The Balaban J connectivity index is 1.83. The third-order valence-electron chi connectivity index (χ3n) is 3.01. The zero-order valence-corrected chi connectivity index (χ0v) is 12.0. The SMILES string of the molecule is Cc1cccc(Oc2ccc(-c3nc(N)nc(N)n3)cc2)c1. The summed E-state index contributed by atoms with van der Waals surface area (Å²) in [6, 6.07) is 15.2. The second-order valence-corrected chi connectivity index (χ2v) is 4.82. The number of nitrogen functional groups attached to an aromatic ring is 2. The summed E-state index contributed by atoms with van der Waals surface area (Å²) in [5, 5.41) is 0. The summed E-state index contributed by atoms with van der Waals surface area (Å²) >= 11 is 0. The average molecular weight is 293 g/mol. The molecule has 22 heavy (non-hydrogen) atoms. The largest absolute Gasteiger partial charge is 0.457 e. The van der Waals surface area contributed by atoms with E-state index in [1.165, 1.54) is 0 Å². The lowest BCUT2D eigenvalue weighted by molar-refractivity contribution is 0.482. The first-order valence-corrected chi connectivity index (χ1v) is 6.72. The van der Waals surface area contributed by atoms with Gasteiger partial charge in [0.1, 0.15) is 11.5 Å². The highest BCUT2D eigenvalue weighted by atomic mass is 16.5. The van der Waals surface area contributed by atoms with E-state index in [-0.39, 0.29) is 11.9 Å². The number of aromatic nitrogens is 3. The fraction of sp³-hybridized carbons (Fsp3) is 0.0625. The van der Waals surface area contributed by atoms with Crippen LogP contribution in [0.15, 0.2) is 48.5 Å². The van der Waals surface area contributed by atoms with Crippen LogP contribution >= 0.6 is 0 Å². The number of nitrogens with zero attached hydrogens (tertiary/aromatic N) is 3. The monoisotopic (exact) mass is 293 g/mol. The standard InChI is InChI=1S/C16H15N5O/c1-10-3-2-4-13(9-10)22-12-7-5-11(6-8-12)14-19-15(17)21-16(18)20-14/h2-9H,1H3,(H4,17,18,19,20,21). The second-order valence-electron chi connectivity index (χ2n) is 4.82. The van der Waals surface area contributed by atoms with Crippen LogP contribution in [0.25, 0.3) is 11.4 Å². The van der Waals surface area contributed by atoms with Crippen molar-refractivity contribution in [3.63, 3.8) is 0 Å². The maximum Gasteiger partial charge on any atom is 0.225 e. The fourth-order valence-electron chi connectivity index (χ4n) is 2.03. The molecule has 0 aliphatic heterocycles. The Morgan fingerprint density at radius 2 is 1.50 bits per heavy atom. The van der Waals surface area contributed by atoms with Gasteiger partial charge in [0.05, 0.1) is 0 Å². The molecule has 0 aliphatic carbocycles. The van der Waals surface area contributed by atoms with Crippen LogP contribution in [0.1, 0.15) is 5.56 Å². The molecule has 110 valence electrons. The topological polar surface area (TPSA) is 99.9 Å². The third kappa shape index (κ3) is 3.12. The number of anilines is 2. The maximum absolute atomic E-state index is 5.79. The second kappa shape index (κ2) is 5.69. The van der Waals surface area contributed by atoms with Crippen molar-refractivity contribution in [2.45, 2.75) is 6.92 Å². The van der Waals surface area contributed by atoms with Gasteiger partial charge in [0.2, 0.25) is 11.9 Å². The molecule has 3 rings (SSSR count). The van der Waals surface area contributed by atoms with Gasteiger partial charge in [-0.3, -0.25) is 0 Å². The molecule has 6 nitrogen and oxygen atoms in total. The van der Waals surface area contributed by atoms with Crippen LogP contribution in [0.4, 0.5) is 11.9 Å².